The second-order valence-electron chi connectivity index (χ2n) is 3.06. The van der Waals surface area contributed by atoms with Crippen LogP contribution in [0.3, 0.4) is 0 Å². The van der Waals surface area contributed by atoms with Crippen LogP contribution in [0, 0.1) is 3.57 Å². The lowest BCUT2D eigenvalue weighted by atomic mass is 10.3. The average Bonchev–Trinajstić information content (AvgIpc) is 2.30. The lowest BCUT2D eigenvalue weighted by molar-refractivity contribution is 0.102. The second-order valence-corrected chi connectivity index (χ2v) is 4.30. The van der Waals surface area contributed by atoms with Gasteiger partial charge in [-0.3, -0.25) is 9.78 Å². The van der Waals surface area contributed by atoms with Crippen molar-refractivity contribution in [2.45, 2.75) is 0 Å². The van der Waals surface area contributed by atoms with Crippen LogP contribution in [-0.4, -0.2) is 15.9 Å². The lowest BCUT2D eigenvalue weighted by Crippen LogP contribution is -2.13. The van der Waals surface area contributed by atoms with E-state index in [-0.39, 0.29) is 5.91 Å². The molecular weight excluding hydrogens is 317 g/mol. The highest BCUT2D eigenvalue weighted by molar-refractivity contribution is 14.1. The molecule has 0 aliphatic rings. The molecule has 1 aromatic heterocycles. The normalized spacial score (nSPS) is 9.81. The van der Waals surface area contributed by atoms with Crippen LogP contribution < -0.4 is 5.32 Å². The number of halogens is 1. The molecule has 80 valence electrons. The maximum absolute atomic E-state index is 11.7. The Morgan fingerprint density at radius 1 is 1.31 bits per heavy atom. The first kappa shape index (κ1) is 11.0. The Hall–Kier alpha value is -1.50. The monoisotopic (exact) mass is 325 g/mol. The minimum absolute atomic E-state index is 0.255. The van der Waals surface area contributed by atoms with Crippen molar-refractivity contribution in [2.24, 2.45) is 0 Å². The number of nitrogens with zero attached hydrogens (tertiary/aromatic N) is 2. The molecule has 0 saturated carbocycles. The number of anilines is 1. The summed E-state index contributed by atoms with van der Waals surface area (Å²) in [4.78, 5) is 19.5. The average molecular weight is 325 g/mol. The van der Waals surface area contributed by atoms with Crippen LogP contribution in [0.4, 0.5) is 5.69 Å². The molecule has 2 rings (SSSR count). The minimum Gasteiger partial charge on any atom is -0.321 e. The van der Waals surface area contributed by atoms with Crippen molar-refractivity contribution in [3.63, 3.8) is 0 Å². The van der Waals surface area contributed by atoms with E-state index < -0.39 is 0 Å². The molecule has 1 N–H and O–H groups in total. The number of benzene rings is 1. The number of hydrogen-bond acceptors (Lipinski definition) is 3. The largest absolute Gasteiger partial charge is 0.321 e. The van der Waals surface area contributed by atoms with Gasteiger partial charge in [0.05, 0.1) is 6.20 Å². The van der Waals surface area contributed by atoms with Gasteiger partial charge in [0.25, 0.3) is 5.91 Å². The topological polar surface area (TPSA) is 54.9 Å². The second kappa shape index (κ2) is 5.02. The van der Waals surface area contributed by atoms with Crippen LogP contribution in [0.2, 0.25) is 0 Å². The maximum atomic E-state index is 11.7. The van der Waals surface area contributed by atoms with Crippen molar-refractivity contribution in [3.05, 3.63) is 52.1 Å². The minimum atomic E-state index is -0.255. The van der Waals surface area contributed by atoms with Gasteiger partial charge in [-0.2, -0.15) is 0 Å². The van der Waals surface area contributed by atoms with Crippen molar-refractivity contribution in [1.29, 1.82) is 0 Å². The molecule has 1 aromatic carbocycles. The first-order chi connectivity index (χ1) is 7.75. The molecule has 0 aliphatic heterocycles. The predicted octanol–water partition coefficient (Wildman–Crippen LogP) is 2.33. The summed E-state index contributed by atoms with van der Waals surface area (Å²) in [6, 6.07) is 7.55. The quantitative estimate of drug-likeness (QED) is 0.863. The third kappa shape index (κ3) is 2.75. The van der Waals surface area contributed by atoms with E-state index in [4.69, 9.17) is 0 Å². The van der Waals surface area contributed by atoms with E-state index in [9.17, 15) is 4.79 Å². The Morgan fingerprint density at radius 3 is 2.88 bits per heavy atom. The van der Waals surface area contributed by atoms with E-state index in [1.54, 1.807) is 0 Å². The van der Waals surface area contributed by atoms with Gasteiger partial charge >= 0.3 is 0 Å². The van der Waals surface area contributed by atoms with Crippen LogP contribution in [0.5, 0.6) is 0 Å². The molecule has 1 heterocycles. The number of carbonyl (C=O) groups excluding carboxylic acids is 1. The van der Waals surface area contributed by atoms with E-state index in [2.05, 4.69) is 37.9 Å². The summed E-state index contributed by atoms with van der Waals surface area (Å²) in [6.07, 6.45) is 4.45. The van der Waals surface area contributed by atoms with E-state index >= 15 is 0 Å². The molecule has 0 saturated heterocycles. The molecule has 2 aromatic rings. The number of carbonyl (C=O) groups is 1. The fourth-order valence-corrected chi connectivity index (χ4v) is 1.72. The summed E-state index contributed by atoms with van der Waals surface area (Å²) in [5, 5.41) is 2.75. The first-order valence-corrected chi connectivity index (χ1v) is 5.66. The maximum Gasteiger partial charge on any atom is 0.275 e. The van der Waals surface area contributed by atoms with Gasteiger partial charge in [-0.25, -0.2) is 4.98 Å². The molecular formula is C11H8IN3O. The van der Waals surface area contributed by atoms with Gasteiger partial charge in [0.15, 0.2) is 0 Å². The summed E-state index contributed by atoms with van der Waals surface area (Å²) in [5.74, 6) is -0.255. The standard InChI is InChI=1S/C11H8IN3O/c12-8-2-1-3-9(6-8)15-11(16)10-7-13-4-5-14-10/h1-7H,(H,15,16). The predicted molar refractivity (Wildman–Crippen MR) is 69.1 cm³/mol. The van der Waals surface area contributed by atoms with Crippen molar-refractivity contribution >= 4 is 34.2 Å². The summed E-state index contributed by atoms with van der Waals surface area (Å²) >= 11 is 2.19. The van der Waals surface area contributed by atoms with Crippen molar-refractivity contribution in [1.82, 2.24) is 9.97 Å². The molecule has 0 aliphatic carbocycles. The summed E-state index contributed by atoms with van der Waals surface area (Å²) in [6.45, 7) is 0. The van der Waals surface area contributed by atoms with Gasteiger partial charge in [0.1, 0.15) is 5.69 Å². The SMILES string of the molecule is O=C(Nc1cccc(I)c1)c1cnccn1. The molecule has 1 amide bonds. The Labute approximate surface area is 106 Å². The van der Waals surface area contributed by atoms with Crippen LogP contribution >= 0.6 is 22.6 Å². The van der Waals surface area contributed by atoms with Crippen LogP contribution in [0.15, 0.2) is 42.9 Å². The summed E-state index contributed by atoms with van der Waals surface area (Å²) in [5.41, 5.74) is 1.06. The zero-order valence-electron chi connectivity index (χ0n) is 8.22. The molecule has 0 bridgehead atoms. The van der Waals surface area contributed by atoms with Crippen molar-refractivity contribution in [3.8, 4) is 0 Å². The fourth-order valence-electron chi connectivity index (χ4n) is 1.18. The molecule has 0 fully saturated rings. The molecule has 16 heavy (non-hydrogen) atoms. The number of nitrogens with one attached hydrogen (secondary N) is 1. The highest BCUT2D eigenvalue weighted by atomic mass is 127. The Balaban J connectivity index is 2.14. The third-order valence-electron chi connectivity index (χ3n) is 1.88. The highest BCUT2D eigenvalue weighted by Gasteiger charge is 2.06. The Bertz CT molecular complexity index is 502. The van der Waals surface area contributed by atoms with E-state index in [0.29, 0.717) is 5.69 Å². The summed E-state index contributed by atoms with van der Waals surface area (Å²) < 4.78 is 1.06. The van der Waals surface area contributed by atoms with Gasteiger partial charge in [-0.15, -0.1) is 0 Å². The molecule has 0 radical (unpaired) electrons. The van der Waals surface area contributed by atoms with Crippen LogP contribution in [0.25, 0.3) is 0 Å². The number of amides is 1. The molecule has 0 unspecified atom stereocenters. The molecule has 0 atom stereocenters. The molecule has 4 nitrogen and oxygen atoms in total. The van der Waals surface area contributed by atoms with E-state index in [0.717, 1.165) is 9.26 Å². The zero-order valence-corrected chi connectivity index (χ0v) is 10.4. The number of hydrogen-bond donors (Lipinski definition) is 1. The fraction of sp³-hybridized carbons (Fsp3) is 0. The van der Waals surface area contributed by atoms with Gasteiger partial charge in [-0.05, 0) is 40.8 Å². The lowest BCUT2D eigenvalue weighted by Gasteiger charge is -2.04. The van der Waals surface area contributed by atoms with Gasteiger partial charge < -0.3 is 5.32 Å². The smallest absolute Gasteiger partial charge is 0.275 e. The third-order valence-corrected chi connectivity index (χ3v) is 2.55. The number of rotatable bonds is 2. The van der Waals surface area contributed by atoms with E-state index in [1.807, 2.05) is 24.3 Å². The van der Waals surface area contributed by atoms with Crippen molar-refractivity contribution in [2.75, 3.05) is 5.32 Å². The van der Waals surface area contributed by atoms with Gasteiger partial charge in [0, 0.05) is 21.7 Å². The highest BCUT2D eigenvalue weighted by Crippen LogP contribution is 2.12. The first-order valence-electron chi connectivity index (χ1n) is 4.58. The van der Waals surface area contributed by atoms with Gasteiger partial charge in [-0.1, -0.05) is 6.07 Å². The Morgan fingerprint density at radius 2 is 2.19 bits per heavy atom. The zero-order chi connectivity index (χ0) is 11.4. The van der Waals surface area contributed by atoms with Crippen LogP contribution in [0.1, 0.15) is 10.5 Å². The molecule has 5 heteroatoms. The van der Waals surface area contributed by atoms with Crippen molar-refractivity contribution < 1.29 is 4.79 Å². The Kier molecular flexibility index (Phi) is 3.45. The van der Waals surface area contributed by atoms with Gasteiger partial charge in [0.2, 0.25) is 0 Å². The van der Waals surface area contributed by atoms with Crippen LogP contribution in [-0.2, 0) is 0 Å². The van der Waals surface area contributed by atoms with E-state index in [1.165, 1.54) is 18.6 Å². The summed E-state index contributed by atoms with van der Waals surface area (Å²) in [7, 11) is 0. The molecule has 0 spiro atoms. The number of aromatic nitrogens is 2.